The molecular weight excluding hydrogens is 785 g/mol. The van der Waals surface area contributed by atoms with Crippen molar-refractivity contribution in [2.24, 2.45) is 0 Å². The lowest BCUT2D eigenvalue weighted by atomic mass is 10.5. The minimum atomic E-state index is -3.78. The molecule has 0 rings (SSSR count). The van der Waals surface area contributed by atoms with Crippen molar-refractivity contribution in [3.63, 3.8) is 0 Å². The van der Waals surface area contributed by atoms with Crippen LogP contribution in [0.4, 0.5) is 0 Å². The van der Waals surface area contributed by atoms with E-state index in [9.17, 15) is 0 Å². The molecule has 0 aliphatic rings. The predicted octanol–water partition coefficient (Wildman–Crippen LogP) is 11.5. The first kappa shape index (κ1) is 50.8. The average molecular weight is 868 g/mol. The first-order valence-corrected chi connectivity index (χ1v) is 46.1. The fraction of sp³-hybridized carbons (Fsp3) is 1.00. The van der Waals surface area contributed by atoms with Gasteiger partial charge in [-0.2, -0.15) is 0 Å². The van der Waals surface area contributed by atoms with Crippen LogP contribution < -0.4 is 0 Å². The molecule has 0 atom stereocenters. The largest absolute Gasteiger partial charge is 0.638 e. The van der Waals surface area contributed by atoms with E-state index in [1.54, 1.807) is 0 Å². The summed E-state index contributed by atoms with van der Waals surface area (Å²) < 4.78 is 66.2. The highest BCUT2D eigenvalue weighted by Crippen LogP contribution is 2.48. The predicted molar refractivity (Wildman–Crippen MR) is 233 cm³/mol. The molecule has 296 valence electrons. The lowest BCUT2D eigenvalue weighted by molar-refractivity contribution is 0.105. The van der Waals surface area contributed by atoms with Crippen LogP contribution in [0.2, 0.25) is 140 Å². The highest BCUT2D eigenvalue weighted by molar-refractivity contribution is 6.96. The summed E-state index contributed by atoms with van der Waals surface area (Å²) in [4.78, 5) is 0. The van der Waals surface area contributed by atoms with Crippen LogP contribution >= 0.6 is 0 Å². The minimum Gasteiger partial charge on any atom is -0.415 e. The molecule has 0 radical (unpaired) electrons. The van der Waals surface area contributed by atoms with Gasteiger partial charge in [0.25, 0.3) is 0 Å². The Balaban J connectivity index is 8.20. The Bertz CT molecular complexity index is 843. The molecular formula is C30H82O9Si10. The molecule has 0 aromatic carbocycles. The molecule has 49 heavy (non-hydrogen) atoms. The van der Waals surface area contributed by atoms with Gasteiger partial charge >= 0.3 is 35.2 Å². The normalized spacial score (nSPS) is 15.8. The lowest BCUT2D eigenvalue weighted by Crippen LogP contribution is -2.73. The summed E-state index contributed by atoms with van der Waals surface area (Å²) in [6.07, 6.45) is 0. The Kier molecular flexibility index (Phi) is 17.9. The lowest BCUT2D eigenvalue weighted by Gasteiger charge is -2.54. The molecule has 0 saturated carbocycles. The van der Waals surface area contributed by atoms with Crippen LogP contribution in [0.3, 0.4) is 0 Å². The number of hydrogen-bond acceptors (Lipinski definition) is 9. The number of hydrogen-bond donors (Lipinski definition) is 0. The second-order valence-corrected chi connectivity index (χ2v) is 62.9. The zero-order chi connectivity index (χ0) is 39.7. The molecule has 0 bridgehead atoms. The summed E-state index contributed by atoms with van der Waals surface area (Å²) in [5.41, 5.74) is 0.103. The van der Waals surface area contributed by atoms with Crippen LogP contribution in [-0.2, 0) is 37.0 Å². The van der Waals surface area contributed by atoms with Crippen LogP contribution in [0.25, 0.3) is 0 Å². The van der Waals surface area contributed by atoms with Gasteiger partial charge in [-0.25, -0.2) is 0 Å². The van der Waals surface area contributed by atoms with Crippen LogP contribution in [0, 0.1) is 0 Å². The van der Waals surface area contributed by atoms with E-state index in [1.807, 2.05) is 0 Å². The molecule has 0 amide bonds. The molecule has 0 fully saturated rings. The first-order valence-electron chi connectivity index (χ1n) is 18.4. The van der Waals surface area contributed by atoms with Gasteiger partial charge in [-0.05, 0) is 140 Å². The van der Waals surface area contributed by atoms with E-state index in [2.05, 4.69) is 173 Å². The first-order chi connectivity index (χ1) is 21.1. The van der Waals surface area contributed by atoms with Gasteiger partial charge in [0.15, 0.2) is 49.9 Å². The second-order valence-electron chi connectivity index (χ2n) is 20.7. The van der Waals surface area contributed by atoms with E-state index in [1.165, 1.54) is 0 Å². The maximum atomic E-state index is 7.99. The summed E-state index contributed by atoms with van der Waals surface area (Å²) in [7, 11) is -27.7. The van der Waals surface area contributed by atoms with Crippen molar-refractivity contribution in [1.82, 2.24) is 0 Å². The van der Waals surface area contributed by atoms with Gasteiger partial charge in [0, 0.05) is 0 Å². The highest BCUT2D eigenvalue weighted by Gasteiger charge is 2.67. The smallest absolute Gasteiger partial charge is 0.415 e. The van der Waals surface area contributed by atoms with Crippen molar-refractivity contribution < 1.29 is 37.0 Å². The summed E-state index contributed by atoms with van der Waals surface area (Å²) in [6, 6.07) is 0. The van der Waals surface area contributed by atoms with E-state index in [-0.39, 0.29) is 22.2 Å². The van der Waals surface area contributed by atoms with Crippen molar-refractivity contribution in [3.8, 4) is 0 Å². The van der Waals surface area contributed by atoms with Crippen molar-refractivity contribution in [3.05, 3.63) is 0 Å². The van der Waals surface area contributed by atoms with Gasteiger partial charge in [-0.3, -0.25) is 0 Å². The summed E-state index contributed by atoms with van der Waals surface area (Å²) in [6.45, 7) is 57.2. The SMILES string of the molecule is CC(C)[Si](O[Si](O[Si](C)(C)C)(O[Si](C)(C)C)O[Si](C)(C)C)(O[Si](O[Si](O[Si](C)(C)C)(O[Si](C)(C)C)O[Si](C)(C)C)(C(C)C)C(C)C)C(C)C. The molecule has 0 spiro atoms. The van der Waals surface area contributed by atoms with Crippen LogP contribution in [0.5, 0.6) is 0 Å². The number of rotatable bonds is 22. The summed E-state index contributed by atoms with van der Waals surface area (Å²) in [5, 5.41) is 0. The second kappa shape index (κ2) is 17.3. The van der Waals surface area contributed by atoms with Crippen molar-refractivity contribution in [2.75, 3.05) is 0 Å². The van der Waals surface area contributed by atoms with Crippen LogP contribution in [0.1, 0.15) is 55.4 Å². The van der Waals surface area contributed by atoms with E-state index >= 15 is 0 Å². The highest BCUT2D eigenvalue weighted by atomic mass is 28.6. The van der Waals surface area contributed by atoms with Gasteiger partial charge in [0.2, 0.25) is 0 Å². The third-order valence-corrected chi connectivity index (χ3v) is 40.9. The Hall–Kier alpha value is 1.81. The zero-order valence-corrected chi connectivity index (χ0v) is 47.0. The fourth-order valence-corrected chi connectivity index (χ4v) is 46.4. The third kappa shape index (κ3) is 17.9. The quantitative estimate of drug-likeness (QED) is 0.0988. The molecule has 9 nitrogen and oxygen atoms in total. The van der Waals surface area contributed by atoms with Crippen LogP contribution in [0.15, 0.2) is 0 Å². The fourth-order valence-electron chi connectivity index (χ4n) is 5.46. The molecule has 0 aromatic rings. The van der Waals surface area contributed by atoms with Crippen molar-refractivity contribution in [1.29, 1.82) is 0 Å². The maximum absolute atomic E-state index is 7.99. The maximum Gasteiger partial charge on any atom is 0.638 e. The molecule has 0 heterocycles. The van der Waals surface area contributed by atoms with E-state index in [0.717, 1.165) is 0 Å². The molecule has 0 aromatic heterocycles. The monoisotopic (exact) mass is 866 g/mol. The minimum absolute atomic E-state index is 0.0258. The Morgan fingerprint density at radius 3 is 0.469 bits per heavy atom. The molecule has 0 unspecified atom stereocenters. The van der Waals surface area contributed by atoms with Gasteiger partial charge in [-0.15, -0.1) is 0 Å². The van der Waals surface area contributed by atoms with Crippen molar-refractivity contribution in [2.45, 2.75) is 195 Å². The summed E-state index contributed by atoms with van der Waals surface area (Å²) >= 11 is 0. The Morgan fingerprint density at radius 2 is 0.367 bits per heavy atom. The Morgan fingerprint density at radius 1 is 0.224 bits per heavy atom. The van der Waals surface area contributed by atoms with E-state index in [4.69, 9.17) is 37.0 Å². The topological polar surface area (TPSA) is 83.1 Å². The van der Waals surface area contributed by atoms with Gasteiger partial charge < -0.3 is 37.0 Å². The van der Waals surface area contributed by atoms with Crippen molar-refractivity contribution >= 4 is 85.1 Å². The molecule has 19 heteroatoms. The molecule has 0 N–H and O–H groups in total. The molecule has 0 aliphatic carbocycles. The third-order valence-electron chi connectivity index (χ3n) is 6.69. The standard InChI is InChI=1S/C30H82O9Si10/c1-27(2)46(28(3)4,38-48(31-40(9,10)11,32-41(12,13)14)33-42(15,16)17)37-47(29(5)6,30(7)8)39-49(34-43(18,19)20,35-44(21,22)23)36-45(24,25)26/h27-30H,1-26H3. The Labute approximate surface area is 315 Å². The summed E-state index contributed by atoms with van der Waals surface area (Å²) in [5.74, 6) is 0. The molecule has 0 aliphatic heterocycles. The molecule has 0 saturated heterocycles. The zero-order valence-electron chi connectivity index (χ0n) is 37.0. The van der Waals surface area contributed by atoms with E-state index in [0.29, 0.717) is 0 Å². The average Bonchev–Trinajstić information content (AvgIpc) is 2.69. The van der Waals surface area contributed by atoms with Gasteiger partial charge in [0.05, 0.1) is 0 Å². The van der Waals surface area contributed by atoms with Gasteiger partial charge in [-0.1, -0.05) is 55.4 Å². The van der Waals surface area contributed by atoms with E-state index < -0.39 is 85.1 Å². The van der Waals surface area contributed by atoms with Crippen LogP contribution in [-0.4, -0.2) is 85.1 Å². The van der Waals surface area contributed by atoms with Gasteiger partial charge in [0.1, 0.15) is 0 Å².